The van der Waals surface area contributed by atoms with Crippen LogP contribution in [-0.4, -0.2) is 17.0 Å². The molecular weight excluding hydrogens is 256 g/mol. The Labute approximate surface area is 116 Å². The number of rotatable bonds is 5. The van der Waals surface area contributed by atoms with Gasteiger partial charge in [0.2, 0.25) is 0 Å². The second-order valence-electron chi connectivity index (χ2n) is 3.91. The van der Waals surface area contributed by atoms with Gasteiger partial charge in [0, 0.05) is 0 Å². The Hall–Kier alpha value is -2.91. The summed E-state index contributed by atoms with van der Waals surface area (Å²) in [7, 11) is 0. The van der Waals surface area contributed by atoms with Crippen LogP contribution < -0.4 is 4.74 Å². The summed E-state index contributed by atoms with van der Waals surface area (Å²) >= 11 is 0. The minimum atomic E-state index is -0.707. The fourth-order valence-electron chi connectivity index (χ4n) is 1.56. The maximum atomic E-state index is 11.0. The highest BCUT2D eigenvalue weighted by atomic mass is 16.5. The van der Waals surface area contributed by atoms with E-state index < -0.39 is 5.97 Å². The van der Waals surface area contributed by atoms with E-state index in [4.69, 9.17) is 15.0 Å². The van der Waals surface area contributed by atoms with Crippen LogP contribution in [0.5, 0.6) is 11.5 Å². The average molecular weight is 268 g/mol. The molecule has 0 bridgehead atoms. The molecule has 5 heteroatoms. The molecule has 0 aromatic heterocycles. The molecule has 0 unspecified atom stereocenters. The van der Waals surface area contributed by atoms with Crippen molar-refractivity contribution in [1.82, 2.24) is 0 Å². The fourth-order valence-corrected chi connectivity index (χ4v) is 1.56. The van der Waals surface area contributed by atoms with E-state index in [1.165, 1.54) is 0 Å². The summed E-state index contributed by atoms with van der Waals surface area (Å²) in [5.41, 5.74) is 8.97. The molecule has 0 atom stereocenters. The van der Waals surface area contributed by atoms with E-state index in [1.54, 1.807) is 12.1 Å². The lowest BCUT2D eigenvalue weighted by Crippen LogP contribution is -2.05. The number of carbonyl (C=O) groups excluding carboxylic acids is 1. The summed E-state index contributed by atoms with van der Waals surface area (Å²) in [5.74, 6) is 0.677. The van der Waals surface area contributed by atoms with E-state index in [0.29, 0.717) is 12.0 Å². The topological polar surface area (TPSA) is 71.9 Å². The molecule has 2 aromatic carbocycles. The SMILES string of the molecule is [N-]=[N+]=CC(=O)OCc1cccc(Oc2ccccc2)c1. The Morgan fingerprint density at radius 2 is 1.85 bits per heavy atom. The molecule has 0 N–H and O–H groups in total. The molecule has 0 saturated carbocycles. The lowest BCUT2D eigenvalue weighted by Gasteiger charge is -2.07. The number of nitrogens with zero attached hydrogens (tertiary/aromatic N) is 2. The Morgan fingerprint density at radius 3 is 2.60 bits per heavy atom. The first-order valence-electron chi connectivity index (χ1n) is 5.94. The van der Waals surface area contributed by atoms with Gasteiger partial charge >= 0.3 is 12.2 Å². The number of carbonyl (C=O) groups is 1. The lowest BCUT2D eigenvalue weighted by atomic mass is 10.2. The van der Waals surface area contributed by atoms with Gasteiger partial charge in [0.1, 0.15) is 18.1 Å². The van der Waals surface area contributed by atoms with Crippen LogP contribution in [-0.2, 0) is 16.1 Å². The van der Waals surface area contributed by atoms with Gasteiger partial charge < -0.3 is 15.0 Å². The van der Waals surface area contributed by atoms with Crippen molar-refractivity contribution >= 4 is 12.2 Å². The van der Waals surface area contributed by atoms with Crippen molar-refractivity contribution in [2.75, 3.05) is 0 Å². The van der Waals surface area contributed by atoms with Gasteiger partial charge in [-0.3, -0.25) is 0 Å². The van der Waals surface area contributed by atoms with Crippen molar-refractivity contribution in [2.24, 2.45) is 0 Å². The second kappa shape index (κ2) is 6.87. The third kappa shape index (κ3) is 4.08. The number of hydrogen-bond acceptors (Lipinski definition) is 3. The highest BCUT2D eigenvalue weighted by Gasteiger charge is 2.05. The van der Waals surface area contributed by atoms with E-state index in [1.807, 2.05) is 42.5 Å². The molecule has 100 valence electrons. The largest absolute Gasteiger partial charge is 0.457 e. The first kappa shape index (κ1) is 13.5. The zero-order valence-corrected chi connectivity index (χ0v) is 10.6. The minimum Gasteiger partial charge on any atom is -0.457 e. The molecule has 0 saturated heterocycles. The molecule has 0 aliphatic heterocycles. The molecule has 0 aliphatic carbocycles. The summed E-state index contributed by atoms with van der Waals surface area (Å²) in [6, 6.07) is 16.6. The van der Waals surface area contributed by atoms with Gasteiger partial charge in [-0.25, -0.2) is 4.79 Å². The van der Waals surface area contributed by atoms with Gasteiger partial charge in [-0.1, -0.05) is 30.3 Å². The molecule has 2 rings (SSSR count). The van der Waals surface area contributed by atoms with Crippen LogP contribution in [0.15, 0.2) is 54.6 Å². The van der Waals surface area contributed by atoms with Crippen molar-refractivity contribution in [2.45, 2.75) is 6.61 Å². The van der Waals surface area contributed by atoms with Gasteiger partial charge in [0.15, 0.2) is 0 Å². The molecule has 0 heterocycles. The summed E-state index contributed by atoms with van der Waals surface area (Å²) < 4.78 is 10.5. The molecular formula is C15H12N2O3. The maximum Gasteiger partial charge on any atom is 0.413 e. The lowest BCUT2D eigenvalue weighted by molar-refractivity contribution is -0.140. The highest BCUT2D eigenvalue weighted by Crippen LogP contribution is 2.21. The average Bonchev–Trinajstić information content (AvgIpc) is 2.47. The van der Waals surface area contributed by atoms with E-state index in [9.17, 15) is 4.79 Å². The summed E-state index contributed by atoms with van der Waals surface area (Å²) in [4.78, 5) is 13.6. The second-order valence-corrected chi connectivity index (χ2v) is 3.91. The van der Waals surface area contributed by atoms with E-state index in [0.717, 1.165) is 11.3 Å². The van der Waals surface area contributed by atoms with Crippen LogP contribution in [0.2, 0.25) is 0 Å². The monoisotopic (exact) mass is 268 g/mol. The summed E-state index contributed by atoms with van der Waals surface area (Å²) in [5, 5.41) is 0. The van der Waals surface area contributed by atoms with E-state index in [-0.39, 0.29) is 6.61 Å². The number of benzene rings is 2. The molecule has 0 spiro atoms. The molecule has 5 nitrogen and oxygen atoms in total. The Balaban J connectivity index is 2.01. The zero-order chi connectivity index (χ0) is 14.2. The zero-order valence-electron chi connectivity index (χ0n) is 10.6. The predicted molar refractivity (Wildman–Crippen MR) is 72.4 cm³/mol. The first-order valence-corrected chi connectivity index (χ1v) is 5.94. The standard InChI is InChI=1S/C15H12N2O3/c16-17-10-15(18)19-11-12-5-4-8-14(9-12)20-13-6-2-1-3-7-13/h1-10H,11H2. The smallest absolute Gasteiger partial charge is 0.413 e. The Morgan fingerprint density at radius 1 is 1.10 bits per heavy atom. The highest BCUT2D eigenvalue weighted by molar-refractivity contribution is 6.20. The van der Waals surface area contributed by atoms with Crippen LogP contribution >= 0.6 is 0 Å². The van der Waals surface area contributed by atoms with Crippen LogP contribution in [0.4, 0.5) is 0 Å². The first-order chi connectivity index (χ1) is 9.78. The predicted octanol–water partition coefficient (Wildman–Crippen LogP) is 2.82. The van der Waals surface area contributed by atoms with Crippen LogP contribution in [0.1, 0.15) is 5.56 Å². The molecule has 0 amide bonds. The number of esters is 1. The van der Waals surface area contributed by atoms with Crippen LogP contribution in [0, 0.1) is 0 Å². The van der Waals surface area contributed by atoms with Crippen molar-refractivity contribution in [1.29, 1.82) is 0 Å². The van der Waals surface area contributed by atoms with Crippen LogP contribution in [0.25, 0.3) is 5.53 Å². The third-order valence-corrected chi connectivity index (χ3v) is 2.42. The van der Waals surface area contributed by atoms with Crippen molar-refractivity contribution in [3.05, 3.63) is 65.7 Å². The molecule has 0 fully saturated rings. The van der Waals surface area contributed by atoms with Gasteiger partial charge in [-0.2, -0.15) is 4.79 Å². The minimum absolute atomic E-state index is 0.0802. The number of para-hydroxylation sites is 1. The quantitative estimate of drug-likeness (QED) is 0.362. The van der Waals surface area contributed by atoms with Crippen molar-refractivity contribution in [3.63, 3.8) is 0 Å². The maximum absolute atomic E-state index is 11.0. The van der Waals surface area contributed by atoms with Gasteiger partial charge in [0.05, 0.1) is 0 Å². The Bertz CT molecular complexity index is 635. The number of ether oxygens (including phenoxy) is 2. The van der Waals surface area contributed by atoms with Crippen molar-refractivity contribution in [3.8, 4) is 11.5 Å². The summed E-state index contributed by atoms with van der Waals surface area (Å²) in [6.07, 6.45) is 0.699. The van der Waals surface area contributed by atoms with Gasteiger partial charge in [-0.05, 0) is 29.8 Å². The van der Waals surface area contributed by atoms with E-state index in [2.05, 4.69) is 4.79 Å². The molecule has 0 aliphatic rings. The molecule has 2 aromatic rings. The Kier molecular flexibility index (Phi) is 4.65. The van der Waals surface area contributed by atoms with E-state index >= 15 is 0 Å². The number of hydrogen-bond donors (Lipinski definition) is 0. The molecule has 20 heavy (non-hydrogen) atoms. The normalized spacial score (nSPS) is 9.40. The van der Waals surface area contributed by atoms with Crippen molar-refractivity contribution < 1.29 is 19.1 Å². The van der Waals surface area contributed by atoms with Gasteiger partial charge in [-0.15, -0.1) is 0 Å². The summed E-state index contributed by atoms with van der Waals surface area (Å²) in [6.45, 7) is 0.0802. The fraction of sp³-hybridized carbons (Fsp3) is 0.0667. The van der Waals surface area contributed by atoms with Crippen LogP contribution in [0.3, 0.4) is 0 Å². The third-order valence-electron chi connectivity index (χ3n) is 2.42. The molecule has 0 radical (unpaired) electrons. The van der Waals surface area contributed by atoms with Gasteiger partial charge in [0.25, 0.3) is 0 Å².